The predicted octanol–water partition coefficient (Wildman–Crippen LogP) is 3.99. The molecule has 1 aliphatic heterocycles. The van der Waals surface area contributed by atoms with E-state index in [-0.39, 0.29) is 18.3 Å². The topological polar surface area (TPSA) is 29.5 Å². The fraction of sp³-hybridized carbons (Fsp3) is 0.133. The number of amides is 1. The number of hydrogen-bond donors (Lipinski definition) is 0. The number of carbonyl (C=O) groups is 1. The Bertz CT molecular complexity index is 658. The van der Waals surface area contributed by atoms with Crippen molar-refractivity contribution in [2.24, 2.45) is 0 Å². The van der Waals surface area contributed by atoms with E-state index in [0.29, 0.717) is 11.4 Å². The van der Waals surface area contributed by atoms with Gasteiger partial charge in [-0.1, -0.05) is 23.7 Å². The van der Waals surface area contributed by atoms with Crippen LogP contribution in [0.25, 0.3) is 0 Å². The van der Waals surface area contributed by atoms with Gasteiger partial charge in [-0.15, -0.1) is 12.4 Å². The van der Waals surface area contributed by atoms with Crippen molar-refractivity contribution >= 4 is 41.3 Å². The van der Waals surface area contributed by atoms with Gasteiger partial charge in [0.1, 0.15) is 5.75 Å². The number of benzene rings is 2. The molecule has 0 aromatic heterocycles. The second-order valence-corrected chi connectivity index (χ2v) is 4.82. The van der Waals surface area contributed by atoms with Crippen LogP contribution in [0.15, 0.2) is 42.5 Å². The molecule has 0 bridgehead atoms. The van der Waals surface area contributed by atoms with Crippen LogP contribution in [0.4, 0.5) is 11.4 Å². The first-order chi connectivity index (χ1) is 9.19. The van der Waals surface area contributed by atoms with Gasteiger partial charge in [0, 0.05) is 11.1 Å². The summed E-state index contributed by atoms with van der Waals surface area (Å²) in [6.45, 7) is 0. The molecule has 0 saturated heterocycles. The molecular formula is C15H13Cl2NO2. The summed E-state index contributed by atoms with van der Waals surface area (Å²) in [5.41, 5.74) is 2.65. The Hall–Kier alpha value is -1.71. The van der Waals surface area contributed by atoms with Gasteiger partial charge < -0.3 is 4.74 Å². The molecule has 3 nitrogen and oxygen atoms in total. The van der Waals surface area contributed by atoms with Crippen LogP contribution in [-0.4, -0.2) is 13.0 Å². The second kappa shape index (κ2) is 5.73. The Morgan fingerprint density at radius 3 is 2.70 bits per heavy atom. The zero-order valence-electron chi connectivity index (χ0n) is 10.8. The Kier molecular flexibility index (Phi) is 4.21. The summed E-state index contributed by atoms with van der Waals surface area (Å²) in [5.74, 6) is 0.783. The first kappa shape index (κ1) is 14.7. The molecule has 3 rings (SSSR count). The maximum atomic E-state index is 12.2. The lowest BCUT2D eigenvalue weighted by atomic mass is 10.1. The first-order valence-electron chi connectivity index (χ1n) is 5.94. The van der Waals surface area contributed by atoms with Gasteiger partial charge >= 0.3 is 0 Å². The minimum Gasteiger partial charge on any atom is -0.497 e. The second-order valence-electron chi connectivity index (χ2n) is 4.38. The Labute approximate surface area is 128 Å². The maximum Gasteiger partial charge on any atom is 0.236 e. The van der Waals surface area contributed by atoms with Gasteiger partial charge in [0.15, 0.2) is 0 Å². The lowest BCUT2D eigenvalue weighted by molar-refractivity contribution is -0.116. The van der Waals surface area contributed by atoms with Crippen molar-refractivity contribution in [2.75, 3.05) is 12.0 Å². The van der Waals surface area contributed by atoms with Gasteiger partial charge in [-0.2, -0.15) is 0 Å². The van der Waals surface area contributed by atoms with E-state index in [2.05, 4.69) is 0 Å². The van der Waals surface area contributed by atoms with Crippen LogP contribution in [-0.2, 0) is 11.2 Å². The molecule has 5 heteroatoms. The van der Waals surface area contributed by atoms with E-state index in [1.165, 1.54) is 0 Å². The molecular weight excluding hydrogens is 297 g/mol. The molecule has 0 atom stereocenters. The molecule has 2 aromatic rings. The minimum atomic E-state index is 0. The van der Waals surface area contributed by atoms with Crippen molar-refractivity contribution in [1.82, 2.24) is 0 Å². The fourth-order valence-corrected chi connectivity index (χ4v) is 2.49. The molecule has 1 heterocycles. The van der Waals surface area contributed by atoms with Crippen LogP contribution >= 0.6 is 24.0 Å². The third-order valence-electron chi connectivity index (χ3n) is 3.19. The molecule has 1 amide bonds. The third-order valence-corrected chi connectivity index (χ3v) is 3.43. The van der Waals surface area contributed by atoms with Crippen molar-refractivity contribution in [3.8, 4) is 5.75 Å². The van der Waals surface area contributed by atoms with Crippen molar-refractivity contribution in [2.45, 2.75) is 6.42 Å². The van der Waals surface area contributed by atoms with Crippen LogP contribution < -0.4 is 9.64 Å². The molecule has 0 aliphatic carbocycles. The van der Waals surface area contributed by atoms with E-state index in [1.807, 2.05) is 30.3 Å². The van der Waals surface area contributed by atoms with Crippen molar-refractivity contribution in [1.29, 1.82) is 0 Å². The number of rotatable bonds is 2. The summed E-state index contributed by atoms with van der Waals surface area (Å²) < 4.78 is 5.22. The van der Waals surface area contributed by atoms with Crippen molar-refractivity contribution in [3.63, 3.8) is 0 Å². The molecule has 2 aromatic carbocycles. The molecule has 104 valence electrons. The van der Waals surface area contributed by atoms with Crippen LogP contribution in [0.1, 0.15) is 5.56 Å². The SMILES string of the molecule is COc1ccc2c(c1)N(c1cccc(Cl)c1)C(=O)C2.Cl. The van der Waals surface area contributed by atoms with Crippen LogP contribution in [0.3, 0.4) is 0 Å². The quantitative estimate of drug-likeness (QED) is 0.839. The monoisotopic (exact) mass is 309 g/mol. The molecule has 20 heavy (non-hydrogen) atoms. The largest absolute Gasteiger partial charge is 0.497 e. The number of hydrogen-bond acceptors (Lipinski definition) is 2. The normalized spacial score (nSPS) is 12.9. The number of ether oxygens (including phenoxy) is 1. The lowest BCUT2D eigenvalue weighted by Crippen LogP contribution is -2.20. The summed E-state index contributed by atoms with van der Waals surface area (Å²) in [6.07, 6.45) is 0.409. The molecule has 0 spiro atoms. The highest BCUT2D eigenvalue weighted by atomic mass is 35.5. The average Bonchev–Trinajstić information content (AvgIpc) is 2.73. The highest BCUT2D eigenvalue weighted by Crippen LogP contribution is 2.38. The smallest absolute Gasteiger partial charge is 0.236 e. The van der Waals surface area contributed by atoms with Crippen molar-refractivity contribution < 1.29 is 9.53 Å². The van der Waals surface area contributed by atoms with E-state index in [1.54, 1.807) is 24.1 Å². The molecule has 1 aliphatic rings. The summed E-state index contributed by atoms with van der Waals surface area (Å²) in [4.78, 5) is 13.9. The zero-order valence-corrected chi connectivity index (χ0v) is 12.4. The van der Waals surface area contributed by atoms with Crippen LogP contribution in [0.2, 0.25) is 5.02 Å². The van der Waals surface area contributed by atoms with E-state index >= 15 is 0 Å². The minimum absolute atomic E-state index is 0. The van der Waals surface area contributed by atoms with Crippen molar-refractivity contribution in [3.05, 3.63) is 53.1 Å². The molecule has 0 fully saturated rings. The van der Waals surface area contributed by atoms with E-state index < -0.39 is 0 Å². The van der Waals surface area contributed by atoms with E-state index in [0.717, 1.165) is 22.7 Å². The molecule has 0 N–H and O–H groups in total. The molecule has 0 saturated carbocycles. The standard InChI is InChI=1S/C15H12ClNO2.ClH/c1-19-13-6-5-10-7-15(18)17(14(10)9-13)12-4-2-3-11(16)8-12;/h2-6,8-9H,7H2,1H3;1H. The predicted molar refractivity (Wildman–Crippen MR) is 82.5 cm³/mol. The van der Waals surface area contributed by atoms with Gasteiger partial charge in [0.05, 0.1) is 24.9 Å². The number of methoxy groups -OCH3 is 1. The number of anilines is 2. The Morgan fingerprint density at radius 2 is 2.00 bits per heavy atom. The summed E-state index contributed by atoms with van der Waals surface area (Å²) in [5, 5.41) is 0.613. The van der Waals surface area contributed by atoms with E-state index in [9.17, 15) is 4.79 Å². The number of carbonyl (C=O) groups excluding carboxylic acids is 1. The first-order valence-corrected chi connectivity index (χ1v) is 6.32. The van der Waals surface area contributed by atoms with Gasteiger partial charge in [0.25, 0.3) is 0 Å². The number of fused-ring (bicyclic) bond motifs is 1. The average molecular weight is 310 g/mol. The van der Waals surface area contributed by atoms with Gasteiger partial charge in [-0.25, -0.2) is 0 Å². The van der Waals surface area contributed by atoms with Gasteiger partial charge in [0.2, 0.25) is 5.91 Å². The lowest BCUT2D eigenvalue weighted by Gasteiger charge is -2.18. The van der Waals surface area contributed by atoms with Crippen LogP contribution in [0, 0.1) is 0 Å². The molecule has 0 unspecified atom stereocenters. The Balaban J connectivity index is 0.00000147. The summed E-state index contributed by atoms with van der Waals surface area (Å²) in [6, 6.07) is 13.0. The van der Waals surface area contributed by atoms with Gasteiger partial charge in [-0.05, 0) is 29.8 Å². The van der Waals surface area contributed by atoms with Gasteiger partial charge in [-0.3, -0.25) is 9.69 Å². The third kappa shape index (κ3) is 2.47. The molecule has 0 radical (unpaired) electrons. The highest BCUT2D eigenvalue weighted by molar-refractivity contribution is 6.31. The Morgan fingerprint density at radius 1 is 1.20 bits per heavy atom. The summed E-state index contributed by atoms with van der Waals surface area (Å²) >= 11 is 5.99. The van der Waals surface area contributed by atoms with E-state index in [4.69, 9.17) is 16.3 Å². The number of nitrogens with zero attached hydrogens (tertiary/aromatic N) is 1. The van der Waals surface area contributed by atoms with Crippen LogP contribution in [0.5, 0.6) is 5.75 Å². The fourth-order valence-electron chi connectivity index (χ4n) is 2.30. The zero-order chi connectivity index (χ0) is 13.4. The summed E-state index contributed by atoms with van der Waals surface area (Å²) in [7, 11) is 1.61. The maximum absolute atomic E-state index is 12.2. The highest BCUT2D eigenvalue weighted by Gasteiger charge is 2.28. The number of halogens is 2.